The van der Waals surface area contributed by atoms with Crippen LogP contribution in [0.2, 0.25) is 0 Å². The highest BCUT2D eigenvalue weighted by molar-refractivity contribution is 7.98. The highest BCUT2D eigenvalue weighted by atomic mass is 32.2. The molecule has 24 nitrogen and oxygen atoms in total. The van der Waals surface area contributed by atoms with Crippen molar-refractivity contribution in [2.45, 2.75) is 75.8 Å². The molecule has 0 spiro atoms. The van der Waals surface area contributed by atoms with Crippen LogP contribution in [0.15, 0.2) is 0 Å². The predicted octanol–water partition coefficient (Wildman–Crippen LogP) is -6.72. The number of carbonyl (C=O) groups is 11. The van der Waals surface area contributed by atoms with Crippen LogP contribution >= 0.6 is 11.8 Å². The maximum atomic E-state index is 12.8. The molecule has 8 amide bonds. The molecule has 0 saturated carbocycles. The van der Waals surface area contributed by atoms with E-state index >= 15 is 0 Å². The van der Waals surface area contributed by atoms with Crippen molar-refractivity contribution in [1.82, 2.24) is 37.2 Å². The molecule has 0 bridgehead atoms. The maximum Gasteiger partial charge on any atom is 0.326 e. The number of nitrogens with two attached hydrogens (primary N) is 2. The SMILES string of the molecule is CSCC[C@H](NC(=O)CNC(=O)[C@H](CC(=O)O)NC(=O)CNC(=O)[C@H](CC(=O)O)NC(=O)[C@H](CO)NC(=O)[C@@H](N)C(C)C)C(=O)N[C@@H](CC(N)=O)C(=O)O. The summed E-state index contributed by atoms with van der Waals surface area (Å²) < 4.78 is 0. The number of aliphatic hydroxyl groups is 1. The van der Waals surface area contributed by atoms with Crippen molar-refractivity contribution in [3.8, 4) is 0 Å². The predicted molar refractivity (Wildman–Crippen MR) is 185 cm³/mol. The number of hydrogen-bond acceptors (Lipinski definition) is 14. The normalized spacial score (nSPS) is 14.0. The summed E-state index contributed by atoms with van der Waals surface area (Å²) in [4.78, 5) is 133. The molecule has 0 rings (SSSR count). The van der Waals surface area contributed by atoms with Gasteiger partial charge in [0.2, 0.25) is 47.3 Å². The first-order valence-electron chi connectivity index (χ1n) is 16.0. The van der Waals surface area contributed by atoms with Gasteiger partial charge in [0, 0.05) is 0 Å². The van der Waals surface area contributed by atoms with Crippen LogP contribution in [-0.4, -0.2) is 154 Å². The average molecular weight is 794 g/mol. The highest BCUT2D eigenvalue weighted by Crippen LogP contribution is 2.04. The fourth-order valence-corrected chi connectivity index (χ4v) is 4.53. The van der Waals surface area contributed by atoms with E-state index in [1.807, 2.05) is 16.0 Å². The van der Waals surface area contributed by atoms with Gasteiger partial charge in [0.25, 0.3) is 0 Å². The molecule has 0 aliphatic heterocycles. The molecule has 0 heterocycles. The van der Waals surface area contributed by atoms with Crippen molar-refractivity contribution in [1.29, 1.82) is 0 Å². The van der Waals surface area contributed by atoms with Gasteiger partial charge in [0.1, 0.15) is 30.2 Å². The van der Waals surface area contributed by atoms with Crippen LogP contribution in [0.5, 0.6) is 0 Å². The first-order chi connectivity index (χ1) is 25.1. The first kappa shape index (κ1) is 48.4. The lowest BCUT2D eigenvalue weighted by Gasteiger charge is -2.23. The van der Waals surface area contributed by atoms with Gasteiger partial charge in [-0.2, -0.15) is 11.8 Å². The smallest absolute Gasteiger partial charge is 0.326 e. The molecule has 0 unspecified atom stereocenters. The molecule has 0 aliphatic carbocycles. The number of rotatable bonds is 26. The minimum atomic E-state index is -1.84. The monoisotopic (exact) mass is 793 g/mol. The van der Waals surface area contributed by atoms with Crippen molar-refractivity contribution in [2.24, 2.45) is 17.4 Å². The van der Waals surface area contributed by atoms with Crippen molar-refractivity contribution in [3.63, 3.8) is 0 Å². The van der Waals surface area contributed by atoms with E-state index in [-0.39, 0.29) is 12.3 Å². The highest BCUT2D eigenvalue weighted by Gasteiger charge is 2.31. The van der Waals surface area contributed by atoms with E-state index in [0.29, 0.717) is 5.75 Å². The minimum absolute atomic E-state index is 0.0123. The number of carboxylic acid groups (broad SMARTS) is 3. The second-order valence-electron chi connectivity index (χ2n) is 11.8. The van der Waals surface area contributed by atoms with Crippen LogP contribution in [0.25, 0.3) is 0 Å². The number of nitrogens with one attached hydrogen (secondary N) is 7. The van der Waals surface area contributed by atoms with Gasteiger partial charge in [-0.1, -0.05) is 13.8 Å². The van der Waals surface area contributed by atoms with Gasteiger partial charge in [-0.15, -0.1) is 0 Å². The standard InChI is InChI=1S/C29H47N9O15S/c1-12(2)23(31)28(51)38-17(11-39)27(50)36-15(8-22(45)46)25(48)33-10-20(42)35-14(7-21(43)44)24(47)32-9-19(41)34-13(4-5-54-3)26(49)37-16(29(52)53)6-18(30)40/h12-17,23,39H,4-11,31H2,1-3H3,(H2,30,40)(H,32,47)(H,33,48)(H,34,41)(H,35,42)(H,36,50)(H,37,49)(H,38,51)(H,43,44)(H,45,46)(H,52,53)/t13-,14-,15-,16-,17-,23-/m0/s1. The van der Waals surface area contributed by atoms with E-state index < -0.39 is 140 Å². The van der Waals surface area contributed by atoms with E-state index in [2.05, 4.69) is 21.3 Å². The molecule has 15 N–H and O–H groups in total. The molecule has 0 fully saturated rings. The Morgan fingerprint density at radius 1 is 0.593 bits per heavy atom. The zero-order valence-electron chi connectivity index (χ0n) is 29.5. The molecule has 0 aromatic carbocycles. The summed E-state index contributed by atoms with van der Waals surface area (Å²) in [5, 5.41) is 51.9. The van der Waals surface area contributed by atoms with Crippen LogP contribution in [0.1, 0.15) is 39.5 Å². The summed E-state index contributed by atoms with van der Waals surface area (Å²) in [5.41, 5.74) is 10.7. The zero-order valence-corrected chi connectivity index (χ0v) is 30.4. The first-order valence-corrected chi connectivity index (χ1v) is 17.4. The third-order valence-electron chi connectivity index (χ3n) is 7.01. The van der Waals surface area contributed by atoms with Gasteiger partial charge in [-0.25, -0.2) is 4.79 Å². The van der Waals surface area contributed by atoms with E-state index in [0.717, 1.165) is 0 Å². The molecule has 0 aromatic heterocycles. The summed E-state index contributed by atoms with van der Waals surface area (Å²) >= 11 is 1.28. The van der Waals surface area contributed by atoms with Gasteiger partial charge in [0.05, 0.1) is 45.0 Å². The number of thioether (sulfide) groups is 1. The Kier molecular flexibility index (Phi) is 22.1. The molecule has 25 heteroatoms. The van der Waals surface area contributed by atoms with E-state index in [4.69, 9.17) is 11.5 Å². The van der Waals surface area contributed by atoms with Gasteiger partial charge >= 0.3 is 17.9 Å². The van der Waals surface area contributed by atoms with Crippen LogP contribution in [-0.2, 0) is 52.7 Å². The third kappa shape index (κ3) is 19.3. The Labute approximate surface area is 312 Å². The van der Waals surface area contributed by atoms with Crippen LogP contribution in [0.3, 0.4) is 0 Å². The van der Waals surface area contributed by atoms with Crippen LogP contribution < -0.4 is 48.7 Å². The molecule has 0 saturated heterocycles. The number of amides is 8. The van der Waals surface area contributed by atoms with Crippen molar-refractivity contribution in [3.05, 3.63) is 0 Å². The Morgan fingerprint density at radius 2 is 1.02 bits per heavy atom. The van der Waals surface area contributed by atoms with Crippen molar-refractivity contribution in [2.75, 3.05) is 31.7 Å². The lowest BCUT2D eigenvalue weighted by molar-refractivity contribution is -0.143. The maximum absolute atomic E-state index is 12.8. The summed E-state index contributed by atoms with van der Waals surface area (Å²) in [6, 6.07) is -9.40. The molecule has 54 heavy (non-hydrogen) atoms. The summed E-state index contributed by atoms with van der Waals surface area (Å²) in [6.45, 7) is 0.441. The fourth-order valence-electron chi connectivity index (χ4n) is 4.05. The third-order valence-corrected chi connectivity index (χ3v) is 7.65. The molecule has 6 atom stereocenters. The number of carboxylic acids is 3. The molecule has 0 aliphatic rings. The fraction of sp³-hybridized carbons (Fsp3) is 0.621. The molecule has 0 aromatic rings. The molecular weight excluding hydrogens is 746 g/mol. The lowest BCUT2D eigenvalue weighted by Crippen LogP contribution is -2.58. The number of aliphatic carboxylic acids is 3. The van der Waals surface area contributed by atoms with Crippen molar-refractivity contribution >= 4 is 76.9 Å². The Balaban J connectivity index is 5.50. The number of aliphatic hydroxyl groups excluding tert-OH is 1. The van der Waals surface area contributed by atoms with Gasteiger partial charge in [-0.3, -0.25) is 47.9 Å². The summed E-state index contributed by atoms with van der Waals surface area (Å²) in [7, 11) is 0. The van der Waals surface area contributed by atoms with E-state index in [9.17, 15) is 73.2 Å². The molecule has 304 valence electrons. The van der Waals surface area contributed by atoms with Crippen LogP contribution in [0, 0.1) is 5.92 Å². The Morgan fingerprint density at radius 3 is 1.43 bits per heavy atom. The Bertz CT molecular complexity index is 1410. The number of primary amides is 1. The lowest BCUT2D eigenvalue weighted by atomic mass is 10.0. The summed E-state index contributed by atoms with van der Waals surface area (Å²) in [6.07, 6.45) is -1.10. The summed E-state index contributed by atoms with van der Waals surface area (Å²) in [5.74, 6) is -13.3. The van der Waals surface area contributed by atoms with Gasteiger partial charge in [-0.05, 0) is 24.3 Å². The van der Waals surface area contributed by atoms with E-state index in [1.165, 1.54) is 11.8 Å². The number of carbonyl (C=O) groups excluding carboxylic acids is 8. The molecular formula is C29H47N9O15S. The van der Waals surface area contributed by atoms with Gasteiger partial charge in [0.15, 0.2) is 0 Å². The number of hydrogen-bond donors (Lipinski definition) is 13. The second-order valence-corrected chi connectivity index (χ2v) is 12.8. The Hall–Kier alpha value is -5.56. The van der Waals surface area contributed by atoms with Crippen molar-refractivity contribution < 1.29 is 73.2 Å². The zero-order chi connectivity index (χ0) is 41.7. The second kappa shape index (κ2) is 24.6. The minimum Gasteiger partial charge on any atom is -0.481 e. The average Bonchev–Trinajstić information content (AvgIpc) is 3.07. The van der Waals surface area contributed by atoms with Gasteiger partial charge < -0.3 is 69.1 Å². The molecule has 0 radical (unpaired) electrons. The quantitative estimate of drug-likeness (QED) is 0.0387. The largest absolute Gasteiger partial charge is 0.481 e. The topological polar surface area (TPSA) is 405 Å². The van der Waals surface area contributed by atoms with E-state index in [1.54, 1.807) is 20.1 Å². The van der Waals surface area contributed by atoms with Crippen LogP contribution in [0.4, 0.5) is 0 Å².